The Kier molecular flexibility index (Phi) is 6.93. The fourth-order valence-corrected chi connectivity index (χ4v) is 3.77. The standard InChI is InChI=1S/C22H26N4O2S/c1-4-26(5-2)22(28)16-10-12-17(13-11-16)23-20(27)14-29-15(3)21-24-18-8-6-7-9-19(18)25-21/h6-13,15H,4-5,14H2,1-3H3,(H,23,27)(H,24,25). The molecule has 2 amide bonds. The van der Waals surface area contributed by atoms with Crippen LogP contribution in [0.15, 0.2) is 48.5 Å². The average molecular weight is 411 g/mol. The molecule has 3 aromatic rings. The molecule has 0 bridgehead atoms. The van der Waals surface area contributed by atoms with Crippen molar-refractivity contribution >= 4 is 40.3 Å². The molecule has 0 fully saturated rings. The Morgan fingerprint density at radius 1 is 1.10 bits per heavy atom. The van der Waals surface area contributed by atoms with E-state index in [1.165, 1.54) is 11.8 Å². The number of amides is 2. The topological polar surface area (TPSA) is 78.1 Å². The molecule has 1 aromatic heterocycles. The summed E-state index contributed by atoms with van der Waals surface area (Å²) in [5.74, 6) is 1.10. The first-order valence-corrected chi connectivity index (χ1v) is 10.8. The molecule has 1 atom stereocenters. The Bertz CT molecular complexity index is 947. The lowest BCUT2D eigenvalue weighted by Crippen LogP contribution is -2.30. The summed E-state index contributed by atoms with van der Waals surface area (Å²) in [4.78, 5) is 34.3. The van der Waals surface area contributed by atoms with E-state index in [2.05, 4.69) is 15.3 Å². The highest BCUT2D eigenvalue weighted by Gasteiger charge is 2.15. The highest BCUT2D eigenvalue weighted by atomic mass is 32.2. The molecule has 0 aliphatic heterocycles. The van der Waals surface area contributed by atoms with E-state index < -0.39 is 0 Å². The Morgan fingerprint density at radius 2 is 1.79 bits per heavy atom. The van der Waals surface area contributed by atoms with Gasteiger partial charge in [-0.3, -0.25) is 9.59 Å². The molecule has 1 unspecified atom stereocenters. The number of rotatable bonds is 8. The van der Waals surface area contributed by atoms with Crippen molar-refractivity contribution in [3.8, 4) is 0 Å². The normalized spacial score (nSPS) is 12.0. The molecule has 0 spiro atoms. The van der Waals surface area contributed by atoms with E-state index in [0.717, 1.165) is 16.9 Å². The predicted molar refractivity (Wildman–Crippen MR) is 119 cm³/mol. The SMILES string of the molecule is CCN(CC)C(=O)c1ccc(NC(=O)CSC(C)c2nc3ccccc3[nH]2)cc1. The van der Waals surface area contributed by atoms with Crippen LogP contribution in [0.3, 0.4) is 0 Å². The monoisotopic (exact) mass is 410 g/mol. The molecule has 2 N–H and O–H groups in total. The van der Waals surface area contributed by atoms with Crippen molar-refractivity contribution in [2.75, 3.05) is 24.2 Å². The fraction of sp³-hybridized carbons (Fsp3) is 0.318. The quantitative estimate of drug-likeness (QED) is 0.574. The summed E-state index contributed by atoms with van der Waals surface area (Å²) >= 11 is 1.52. The first-order chi connectivity index (χ1) is 14.0. The number of hydrogen-bond acceptors (Lipinski definition) is 4. The van der Waals surface area contributed by atoms with Gasteiger partial charge in [-0.15, -0.1) is 11.8 Å². The third kappa shape index (κ3) is 5.17. The van der Waals surface area contributed by atoms with Gasteiger partial charge in [0.1, 0.15) is 5.82 Å². The number of fused-ring (bicyclic) bond motifs is 1. The minimum absolute atomic E-state index is 0.00286. The van der Waals surface area contributed by atoms with Gasteiger partial charge < -0.3 is 15.2 Å². The Labute approximate surface area is 175 Å². The number of hydrogen-bond donors (Lipinski definition) is 2. The fourth-order valence-electron chi connectivity index (χ4n) is 3.03. The Balaban J connectivity index is 1.53. The largest absolute Gasteiger partial charge is 0.341 e. The van der Waals surface area contributed by atoms with Gasteiger partial charge in [0.05, 0.1) is 22.0 Å². The molecular formula is C22H26N4O2S. The van der Waals surface area contributed by atoms with E-state index >= 15 is 0 Å². The number of nitrogens with zero attached hydrogens (tertiary/aromatic N) is 2. The number of carbonyl (C=O) groups excluding carboxylic acids is 2. The van der Waals surface area contributed by atoms with E-state index in [4.69, 9.17) is 0 Å². The van der Waals surface area contributed by atoms with Crippen molar-refractivity contribution in [2.24, 2.45) is 0 Å². The second kappa shape index (κ2) is 9.60. The van der Waals surface area contributed by atoms with Crippen molar-refractivity contribution in [3.05, 3.63) is 59.9 Å². The first kappa shape index (κ1) is 20.9. The van der Waals surface area contributed by atoms with E-state index in [9.17, 15) is 9.59 Å². The van der Waals surface area contributed by atoms with E-state index in [1.807, 2.05) is 45.0 Å². The molecule has 1 heterocycles. The van der Waals surface area contributed by atoms with Gasteiger partial charge in [0.2, 0.25) is 5.91 Å². The number of benzene rings is 2. The number of aromatic nitrogens is 2. The second-order valence-corrected chi connectivity index (χ2v) is 8.02. The number of carbonyl (C=O) groups is 2. The molecule has 6 nitrogen and oxygen atoms in total. The zero-order chi connectivity index (χ0) is 20.8. The lowest BCUT2D eigenvalue weighted by atomic mass is 10.2. The summed E-state index contributed by atoms with van der Waals surface area (Å²) < 4.78 is 0. The van der Waals surface area contributed by atoms with Gasteiger partial charge in [0.25, 0.3) is 5.91 Å². The summed E-state index contributed by atoms with van der Waals surface area (Å²) in [6, 6.07) is 14.9. The van der Waals surface area contributed by atoms with Crippen molar-refractivity contribution in [2.45, 2.75) is 26.0 Å². The number of para-hydroxylation sites is 2. The molecule has 0 radical (unpaired) electrons. The minimum atomic E-state index is -0.0826. The van der Waals surface area contributed by atoms with Crippen LogP contribution >= 0.6 is 11.8 Å². The van der Waals surface area contributed by atoms with Crippen LogP contribution in [-0.4, -0.2) is 45.5 Å². The molecule has 0 saturated carbocycles. The van der Waals surface area contributed by atoms with E-state index in [0.29, 0.717) is 30.1 Å². The zero-order valence-electron chi connectivity index (χ0n) is 16.9. The van der Waals surface area contributed by atoms with Gasteiger partial charge in [-0.1, -0.05) is 12.1 Å². The highest BCUT2D eigenvalue weighted by Crippen LogP contribution is 2.27. The molecule has 0 saturated heterocycles. The Hall–Kier alpha value is -2.80. The van der Waals surface area contributed by atoms with Crippen LogP contribution in [0.4, 0.5) is 5.69 Å². The molecule has 29 heavy (non-hydrogen) atoms. The van der Waals surface area contributed by atoms with Gasteiger partial charge >= 0.3 is 0 Å². The molecular weight excluding hydrogens is 384 g/mol. The zero-order valence-corrected chi connectivity index (χ0v) is 17.8. The Morgan fingerprint density at radius 3 is 2.45 bits per heavy atom. The van der Waals surface area contributed by atoms with Gasteiger partial charge in [0, 0.05) is 24.3 Å². The van der Waals surface area contributed by atoms with Crippen molar-refractivity contribution in [1.29, 1.82) is 0 Å². The summed E-state index contributed by atoms with van der Waals surface area (Å²) in [7, 11) is 0. The van der Waals surface area contributed by atoms with Gasteiger partial charge in [-0.25, -0.2) is 4.98 Å². The molecule has 0 aliphatic carbocycles. The smallest absolute Gasteiger partial charge is 0.253 e. The van der Waals surface area contributed by atoms with E-state index in [-0.39, 0.29) is 17.1 Å². The summed E-state index contributed by atoms with van der Waals surface area (Å²) in [5.41, 5.74) is 3.24. The van der Waals surface area contributed by atoms with Crippen LogP contribution in [0.1, 0.15) is 42.2 Å². The maximum Gasteiger partial charge on any atom is 0.253 e. The average Bonchev–Trinajstić information content (AvgIpc) is 3.18. The van der Waals surface area contributed by atoms with Crippen LogP contribution in [0.2, 0.25) is 0 Å². The van der Waals surface area contributed by atoms with Crippen LogP contribution in [0.25, 0.3) is 11.0 Å². The molecule has 2 aromatic carbocycles. The third-order valence-corrected chi connectivity index (χ3v) is 5.88. The highest BCUT2D eigenvalue weighted by molar-refractivity contribution is 8.00. The summed E-state index contributed by atoms with van der Waals surface area (Å²) in [6.07, 6.45) is 0. The van der Waals surface area contributed by atoms with E-state index in [1.54, 1.807) is 29.2 Å². The lowest BCUT2D eigenvalue weighted by Gasteiger charge is -2.18. The van der Waals surface area contributed by atoms with Crippen molar-refractivity contribution < 1.29 is 9.59 Å². The maximum absolute atomic E-state index is 12.3. The maximum atomic E-state index is 12.3. The van der Waals surface area contributed by atoms with Crippen molar-refractivity contribution in [1.82, 2.24) is 14.9 Å². The molecule has 0 aliphatic rings. The molecule has 152 valence electrons. The minimum Gasteiger partial charge on any atom is -0.341 e. The lowest BCUT2D eigenvalue weighted by molar-refractivity contribution is -0.113. The van der Waals surface area contributed by atoms with Gasteiger partial charge in [-0.2, -0.15) is 0 Å². The molecule has 7 heteroatoms. The third-order valence-electron chi connectivity index (χ3n) is 4.72. The number of thioether (sulfide) groups is 1. The van der Waals surface area contributed by atoms with Gasteiger partial charge in [0.15, 0.2) is 0 Å². The number of anilines is 1. The number of aromatic amines is 1. The summed E-state index contributed by atoms with van der Waals surface area (Å²) in [6.45, 7) is 7.30. The van der Waals surface area contributed by atoms with Crippen LogP contribution in [-0.2, 0) is 4.79 Å². The number of imidazole rings is 1. The summed E-state index contributed by atoms with van der Waals surface area (Å²) in [5, 5.41) is 2.95. The van der Waals surface area contributed by atoms with Crippen LogP contribution < -0.4 is 5.32 Å². The van der Waals surface area contributed by atoms with Crippen LogP contribution in [0, 0.1) is 0 Å². The number of nitrogens with one attached hydrogen (secondary N) is 2. The molecule has 3 rings (SSSR count). The first-order valence-electron chi connectivity index (χ1n) is 9.77. The van der Waals surface area contributed by atoms with Crippen molar-refractivity contribution in [3.63, 3.8) is 0 Å². The van der Waals surface area contributed by atoms with Gasteiger partial charge in [-0.05, 0) is 57.2 Å². The van der Waals surface area contributed by atoms with Crippen LogP contribution in [0.5, 0.6) is 0 Å². The second-order valence-electron chi connectivity index (χ2n) is 6.70. The number of H-pyrrole nitrogens is 1. The predicted octanol–water partition coefficient (Wildman–Crippen LogP) is 4.48.